The number of rotatable bonds is 11. The highest BCUT2D eigenvalue weighted by molar-refractivity contribution is 5.98. The predicted octanol–water partition coefficient (Wildman–Crippen LogP) is 5.39. The van der Waals surface area contributed by atoms with Gasteiger partial charge in [-0.3, -0.25) is 20.3 Å². The van der Waals surface area contributed by atoms with Crippen LogP contribution >= 0.6 is 0 Å². The normalized spacial score (nSPS) is 14.7. The average Bonchev–Trinajstić information content (AvgIpc) is 2.94. The molecule has 44 heavy (non-hydrogen) atoms. The number of amides is 2. The molecule has 0 aliphatic heterocycles. The van der Waals surface area contributed by atoms with Gasteiger partial charge in [0, 0.05) is 6.54 Å². The van der Waals surface area contributed by atoms with Crippen molar-refractivity contribution in [3.05, 3.63) is 53.6 Å². The fourth-order valence-corrected chi connectivity index (χ4v) is 5.11. The maximum absolute atomic E-state index is 13.2. The molecule has 0 radical (unpaired) electrons. The van der Waals surface area contributed by atoms with E-state index in [1.54, 1.807) is 18.2 Å². The third kappa shape index (κ3) is 9.95. The Bertz CT molecular complexity index is 1280. The smallest absolute Gasteiger partial charge is 0.491 e. The minimum Gasteiger partial charge on any atom is -0.493 e. The molecule has 0 bridgehead atoms. The summed E-state index contributed by atoms with van der Waals surface area (Å²) in [6, 6.07) is 7.61. The lowest BCUT2D eigenvalue weighted by atomic mass is 9.84. The van der Waals surface area contributed by atoms with Gasteiger partial charge >= 0.3 is 12.6 Å². The number of carbonyl (C=O) groups is 2. The van der Waals surface area contributed by atoms with Crippen LogP contribution in [0.25, 0.3) is 0 Å². The van der Waals surface area contributed by atoms with E-state index in [4.69, 9.17) is 14.9 Å². The molecular formula is C29H35F6N5O4. The third-order valence-electron chi connectivity index (χ3n) is 7.15. The number of carbonyl (C=O) groups excluding carboxylic acids is 2. The Morgan fingerprint density at radius 3 is 2.20 bits per heavy atom. The van der Waals surface area contributed by atoms with Gasteiger partial charge < -0.3 is 20.1 Å². The summed E-state index contributed by atoms with van der Waals surface area (Å²) in [5.41, 5.74) is -0.557. The van der Waals surface area contributed by atoms with Crippen LogP contribution in [-0.4, -0.2) is 50.6 Å². The molecule has 0 aromatic heterocycles. The Kier molecular flexibility index (Phi) is 11.7. The van der Waals surface area contributed by atoms with Crippen LogP contribution in [-0.2, 0) is 22.6 Å². The minimum absolute atomic E-state index is 0.00376. The highest BCUT2D eigenvalue weighted by Gasteiger charge is 2.53. The van der Waals surface area contributed by atoms with Gasteiger partial charge in [0.2, 0.25) is 11.8 Å². The maximum Gasteiger partial charge on any atom is 0.491 e. The molecule has 1 aliphatic carbocycles. The van der Waals surface area contributed by atoms with Crippen molar-refractivity contribution in [2.75, 3.05) is 19.1 Å². The Morgan fingerprint density at radius 2 is 1.59 bits per heavy atom. The highest BCUT2D eigenvalue weighted by atomic mass is 19.4. The minimum atomic E-state index is -5.71. The van der Waals surface area contributed by atoms with Crippen LogP contribution in [0.1, 0.15) is 49.7 Å². The largest absolute Gasteiger partial charge is 0.493 e. The molecule has 0 heterocycles. The monoisotopic (exact) mass is 631 g/mol. The third-order valence-corrected chi connectivity index (χ3v) is 7.15. The number of methoxy groups -OCH3 is 2. The van der Waals surface area contributed by atoms with Gasteiger partial charge in [0.15, 0.2) is 17.5 Å². The molecular weight excluding hydrogens is 596 g/mol. The summed E-state index contributed by atoms with van der Waals surface area (Å²) >= 11 is 0. The molecule has 0 saturated heterocycles. The molecule has 4 N–H and O–H groups in total. The van der Waals surface area contributed by atoms with E-state index in [0.29, 0.717) is 35.6 Å². The molecule has 2 aromatic carbocycles. The molecule has 3 rings (SSSR count). The van der Waals surface area contributed by atoms with E-state index in [9.17, 15) is 35.9 Å². The number of nitrogens with one attached hydrogen (secondary N) is 4. The van der Waals surface area contributed by atoms with Gasteiger partial charge in [-0.05, 0) is 47.7 Å². The van der Waals surface area contributed by atoms with E-state index in [1.165, 1.54) is 20.3 Å². The van der Waals surface area contributed by atoms with Crippen molar-refractivity contribution in [2.24, 2.45) is 5.92 Å². The van der Waals surface area contributed by atoms with Crippen molar-refractivity contribution in [1.82, 2.24) is 16.0 Å². The quantitative estimate of drug-likeness (QED) is 0.115. The van der Waals surface area contributed by atoms with Crippen LogP contribution in [0.3, 0.4) is 0 Å². The zero-order chi connectivity index (χ0) is 32.5. The summed E-state index contributed by atoms with van der Waals surface area (Å²) in [5, 5.41) is 15.9. The lowest BCUT2D eigenvalue weighted by molar-refractivity contribution is -0.226. The van der Waals surface area contributed by atoms with Crippen LogP contribution in [0.15, 0.2) is 42.5 Å². The zero-order valence-electron chi connectivity index (χ0n) is 24.2. The first-order valence-corrected chi connectivity index (χ1v) is 13.9. The van der Waals surface area contributed by atoms with Crippen molar-refractivity contribution >= 4 is 23.5 Å². The molecule has 0 unspecified atom stereocenters. The van der Waals surface area contributed by atoms with Crippen LogP contribution < -0.4 is 30.3 Å². The summed E-state index contributed by atoms with van der Waals surface area (Å²) in [7, 11) is 2.93. The number of benzene rings is 2. The second kappa shape index (κ2) is 15.0. The second-order valence-electron chi connectivity index (χ2n) is 10.4. The Balaban J connectivity index is 1.67. The van der Waals surface area contributed by atoms with Crippen LogP contribution in [0.2, 0.25) is 0 Å². The Labute approximate surface area is 250 Å². The Morgan fingerprint density at radius 1 is 0.932 bits per heavy atom. The number of hydrogen-bond acceptors (Lipinski definition) is 6. The van der Waals surface area contributed by atoms with E-state index >= 15 is 0 Å². The summed E-state index contributed by atoms with van der Waals surface area (Å²) in [6.07, 6.45) is -6.48. The molecule has 9 nitrogen and oxygen atoms in total. The van der Waals surface area contributed by atoms with E-state index in [1.807, 2.05) is 0 Å². The fourth-order valence-electron chi connectivity index (χ4n) is 5.11. The fraction of sp³-hybridized carbons (Fsp3) is 0.483. The first-order valence-electron chi connectivity index (χ1n) is 13.9. The first kappa shape index (κ1) is 34.3. The molecule has 2 amide bonds. The van der Waals surface area contributed by atoms with Gasteiger partial charge in [-0.2, -0.15) is 4.90 Å². The molecule has 242 valence electrons. The first-order chi connectivity index (χ1) is 20.7. The number of nitrogens with zero attached hydrogens (tertiary/aromatic N) is 1. The standard InChI is InChI=1S/C29H35F6N5O4/c1-43-23-12-11-19(15-24(23)44-2)16-25(41)39-27(36)38-22(14-18-7-4-3-5-8-18)26(42)37-17-20-9-6-10-21(13-20)40(28(30,31)32)29(33,34)35/h6,9-13,15,18,22H,3-5,7-8,14,16-17H2,1-2H3,(H,37,42)(H3,36,38,39,41)/t22-/m1/s1. The maximum atomic E-state index is 13.2. The number of anilines is 1. The molecule has 1 saturated carbocycles. The summed E-state index contributed by atoms with van der Waals surface area (Å²) in [6.45, 7) is -0.363. The SMILES string of the molecule is COc1ccc(CC(=O)NC(=N)N[C@H](CC2CCCCC2)C(=O)NCc2cccc(N(C(F)(F)F)C(F)(F)F)c2)cc1OC. The van der Waals surface area contributed by atoms with Gasteiger partial charge in [-0.25, -0.2) is 0 Å². The molecule has 15 heteroatoms. The number of hydrogen-bond donors (Lipinski definition) is 4. The molecule has 1 aliphatic rings. The van der Waals surface area contributed by atoms with E-state index < -0.39 is 47.0 Å². The van der Waals surface area contributed by atoms with Crippen molar-refractivity contribution < 1.29 is 45.4 Å². The molecule has 1 fully saturated rings. The molecule has 2 aromatic rings. The zero-order valence-corrected chi connectivity index (χ0v) is 24.2. The van der Waals surface area contributed by atoms with Crippen LogP contribution in [0.5, 0.6) is 11.5 Å². The van der Waals surface area contributed by atoms with Gasteiger partial charge in [0.25, 0.3) is 0 Å². The van der Waals surface area contributed by atoms with Gasteiger partial charge in [-0.1, -0.05) is 50.3 Å². The van der Waals surface area contributed by atoms with E-state index in [2.05, 4.69) is 16.0 Å². The number of ether oxygens (including phenoxy) is 2. The van der Waals surface area contributed by atoms with Gasteiger partial charge in [0.05, 0.1) is 26.3 Å². The second-order valence-corrected chi connectivity index (χ2v) is 10.4. The molecule has 0 spiro atoms. The topological polar surface area (TPSA) is 116 Å². The summed E-state index contributed by atoms with van der Waals surface area (Å²) in [4.78, 5) is 24.2. The van der Waals surface area contributed by atoms with Crippen molar-refractivity contribution in [3.63, 3.8) is 0 Å². The number of guanidine groups is 1. The Hall–Kier alpha value is -4.17. The summed E-state index contributed by atoms with van der Waals surface area (Å²) < 4.78 is 89.3. The molecule has 1 atom stereocenters. The van der Waals surface area contributed by atoms with Crippen LogP contribution in [0.4, 0.5) is 32.0 Å². The summed E-state index contributed by atoms with van der Waals surface area (Å²) in [5.74, 6) is -0.541. The van der Waals surface area contributed by atoms with Crippen LogP contribution in [0, 0.1) is 11.3 Å². The lowest BCUT2D eigenvalue weighted by Gasteiger charge is -2.29. The van der Waals surface area contributed by atoms with Crippen molar-refractivity contribution in [1.29, 1.82) is 5.41 Å². The van der Waals surface area contributed by atoms with E-state index in [0.717, 1.165) is 38.2 Å². The number of halogens is 6. The van der Waals surface area contributed by atoms with Gasteiger partial charge in [0.1, 0.15) is 6.04 Å². The number of alkyl halides is 6. The van der Waals surface area contributed by atoms with Crippen molar-refractivity contribution in [3.8, 4) is 11.5 Å². The van der Waals surface area contributed by atoms with Gasteiger partial charge in [-0.15, -0.1) is 26.3 Å². The van der Waals surface area contributed by atoms with E-state index in [-0.39, 0.29) is 24.4 Å². The highest BCUT2D eigenvalue weighted by Crippen LogP contribution is 2.38. The van der Waals surface area contributed by atoms with Crippen molar-refractivity contribution in [2.45, 2.75) is 70.1 Å². The lowest BCUT2D eigenvalue weighted by Crippen LogP contribution is -2.52. The predicted molar refractivity (Wildman–Crippen MR) is 150 cm³/mol. The average molecular weight is 632 g/mol.